The molecule has 0 aliphatic heterocycles. The number of hydrogen-bond donors (Lipinski definition) is 0. The third-order valence-corrected chi connectivity index (χ3v) is 4.81. The van der Waals surface area contributed by atoms with E-state index < -0.39 is 0 Å². The molecule has 0 aliphatic rings. The minimum absolute atomic E-state index is 0.0773. The van der Waals surface area contributed by atoms with Crippen molar-refractivity contribution in [2.24, 2.45) is 0 Å². The smallest absolute Gasteiger partial charge is 0.193 e. The molecule has 0 bridgehead atoms. The molecule has 5 aromatic carbocycles. The summed E-state index contributed by atoms with van der Waals surface area (Å²) in [5.41, 5.74) is 1.50. The van der Waals surface area contributed by atoms with Crippen molar-refractivity contribution in [3.05, 3.63) is 96.1 Å². The number of carbonyl (C=O) groups excluding carboxylic acids is 1. The zero-order valence-electron chi connectivity index (χ0n) is 14.1. The maximum atomic E-state index is 13.0. The minimum Gasteiger partial charge on any atom is -0.289 e. The Morgan fingerprint density at radius 3 is 1.85 bits per heavy atom. The molecule has 0 amide bonds. The summed E-state index contributed by atoms with van der Waals surface area (Å²) in [5, 5.41) is 7.08. The summed E-state index contributed by atoms with van der Waals surface area (Å²) in [4.78, 5) is 13.0. The molecule has 0 atom stereocenters. The second kappa shape index (κ2) is 6.35. The summed E-state index contributed by atoms with van der Waals surface area (Å²) in [6.45, 7) is 0. The third kappa shape index (κ3) is 2.32. The van der Waals surface area contributed by atoms with Gasteiger partial charge in [0, 0.05) is 11.1 Å². The monoisotopic (exact) mass is 332 g/mol. The van der Waals surface area contributed by atoms with E-state index in [4.69, 9.17) is 0 Å². The highest BCUT2D eigenvalue weighted by Crippen LogP contribution is 2.36. The molecule has 0 spiro atoms. The van der Waals surface area contributed by atoms with Gasteiger partial charge < -0.3 is 0 Å². The highest BCUT2D eigenvalue weighted by atomic mass is 16.1. The van der Waals surface area contributed by atoms with Crippen LogP contribution in [0.15, 0.2) is 84.9 Å². The van der Waals surface area contributed by atoms with Crippen LogP contribution >= 0.6 is 0 Å². The molecule has 0 aliphatic carbocycles. The predicted octanol–water partition coefficient (Wildman–Crippen LogP) is 6.06. The van der Waals surface area contributed by atoms with Crippen molar-refractivity contribution in [3.8, 4) is 12.8 Å². The van der Waals surface area contributed by atoms with Crippen LogP contribution in [0.3, 0.4) is 0 Å². The average Bonchev–Trinajstić information content (AvgIpc) is 2.73. The van der Waals surface area contributed by atoms with Crippen molar-refractivity contribution in [1.29, 1.82) is 0 Å². The van der Waals surface area contributed by atoms with Crippen LogP contribution in [-0.4, -0.2) is 5.78 Å². The van der Waals surface area contributed by atoms with Crippen molar-refractivity contribution in [2.45, 2.75) is 0 Å². The maximum Gasteiger partial charge on any atom is 0.193 e. The Morgan fingerprint density at radius 2 is 1.15 bits per heavy atom. The van der Waals surface area contributed by atoms with Crippen LogP contribution in [0.1, 0.15) is 15.9 Å². The molecule has 0 saturated carbocycles. The van der Waals surface area contributed by atoms with E-state index in [-0.39, 0.29) is 5.78 Å². The van der Waals surface area contributed by atoms with E-state index in [1.165, 1.54) is 26.9 Å². The largest absolute Gasteiger partial charge is 0.289 e. The van der Waals surface area contributed by atoms with Gasteiger partial charge in [0.15, 0.2) is 5.78 Å². The standard InChI is InChI=1S/C23H14O.C2H2/c24-23(18-5-2-1-3-6-18)20-14-12-17-10-9-15-7-4-8-16-11-13-19(20)22(17)21(15)16;1-2/h1-14H;1-2H. The van der Waals surface area contributed by atoms with E-state index in [9.17, 15) is 4.79 Å². The first kappa shape index (κ1) is 15.9. The van der Waals surface area contributed by atoms with E-state index in [0.29, 0.717) is 0 Å². The molecule has 26 heavy (non-hydrogen) atoms. The van der Waals surface area contributed by atoms with Crippen molar-refractivity contribution in [1.82, 2.24) is 0 Å². The lowest BCUT2D eigenvalue weighted by Crippen LogP contribution is -2.02. The summed E-state index contributed by atoms with van der Waals surface area (Å²) in [6, 6.07) is 28.4. The van der Waals surface area contributed by atoms with Gasteiger partial charge >= 0.3 is 0 Å². The van der Waals surface area contributed by atoms with E-state index in [1.54, 1.807) is 0 Å². The second-order valence-corrected chi connectivity index (χ2v) is 6.16. The summed E-state index contributed by atoms with van der Waals surface area (Å²) >= 11 is 0. The zero-order chi connectivity index (χ0) is 18.1. The molecule has 0 N–H and O–H groups in total. The molecule has 0 radical (unpaired) electrons. The lowest BCUT2D eigenvalue weighted by Gasteiger charge is -2.13. The van der Waals surface area contributed by atoms with Gasteiger partial charge in [-0.1, -0.05) is 78.9 Å². The molecule has 0 aromatic heterocycles. The Balaban J connectivity index is 0.000000814. The molecular weight excluding hydrogens is 316 g/mol. The Morgan fingerprint density at radius 1 is 0.577 bits per heavy atom. The van der Waals surface area contributed by atoms with Crippen LogP contribution in [0.4, 0.5) is 0 Å². The first-order chi connectivity index (χ1) is 12.8. The van der Waals surface area contributed by atoms with Crippen LogP contribution in [0.5, 0.6) is 0 Å². The Labute approximate surface area is 152 Å². The zero-order valence-corrected chi connectivity index (χ0v) is 14.1. The molecule has 0 heterocycles. The molecule has 1 nitrogen and oxygen atoms in total. The lowest BCUT2D eigenvalue weighted by atomic mass is 9.90. The molecule has 1 heteroatoms. The Kier molecular flexibility index (Phi) is 3.88. The number of benzene rings is 5. The third-order valence-electron chi connectivity index (χ3n) is 4.81. The van der Waals surface area contributed by atoms with Crippen LogP contribution in [0.25, 0.3) is 32.3 Å². The Bertz CT molecular complexity index is 1230. The lowest BCUT2D eigenvalue weighted by molar-refractivity contribution is 0.104. The van der Waals surface area contributed by atoms with Gasteiger partial charge in [0.1, 0.15) is 0 Å². The predicted molar refractivity (Wildman–Crippen MR) is 110 cm³/mol. The molecule has 0 saturated heterocycles. The van der Waals surface area contributed by atoms with E-state index >= 15 is 0 Å². The van der Waals surface area contributed by atoms with E-state index in [0.717, 1.165) is 16.5 Å². The quantitative estimate of drug-likeness (QED) is 0.218. The van der Waals surface area contributed by atoms with Gasteiger partial charge in [-0.05, 0) is 38.4 Å². The van der Waals surface area contributed by atoms with Gasteiger partial charge in [-0.2, -0.15) is 0 Å². The average molecular weight is 332 g/mol. The first-order valence-corrected chi connectivity index (χ1v) is 8.42. The van der Waals surface area contributed by atoms with Gasteiger partial charge in [-0.25, -0.2) is 0 Å². The van der Waals surface area contributed by atoms with Gasteiger partial charge in [0.05, 0.1) is 0 Å². The fraction of sp³-hybridized carbons (Fsp3) is 0. The minimum atomic E-state index is 0.0773. The van der Waals surface area contributed by atoms with Crippen molar-refractivity contribution in [2.75, 3.05) is 0 Å². The van der Waals surface area contributed by atoms with Crippen LogP contribution in [0, 0.1) is 12.8 Å². The number of rotatable bonds is 2. The molecule has 0 fully saturated rings. The molecule has 122 valence electrons. The topological polar surface area (TPSA) is 17.1 Å². The molecule has 5 aromatic rings. The molecule has 5 rings (SSSR count). The highest BCUT2D eigenvalue weighted by Gasteiger charge is 2.15. The number of hydrogen-bond acceptors (Lipinski definition) is 1. The Hall–Kier alpha value is -3.63. The van der Waals surface area contributed by atoms with Gasteiger partial charge in [-0.3, -0.25) is 4.79 Å². The van der Waals surface area contributed by atoms with Crippen molar-refractivity contribution in [3.63, 3.8) is 0 Å². The highest BCUT2D eigenvalue weighted by molar-refractivity contribution is 6.28. The molecule has 0 unspecified atom stereocenters. The van der Waals surface area contributed by atoms with Crippen molar-refractivity contribution < 1.29 is 4.79 Å². The number of terminal acetylenes is 1. The summed E-state index contributed by atoms with van der Waals surface area (Å²) in [6.07, 6.45) is 8.00. The summed E-state index contributed by atoms with van der Waals surface area (Å²) in [5.74, 6) is 0.0773. The van der Waals surface area contributed by atoms with Crippen LogP contribution in [-0.2, 0) is 0 Å². The van der Waals surface area contributed by atoms with Gasteiger partial charge in [-0.15, -0.1) is 12.8 Å². The first-order valence-electron chi connectivity index (χ1n) is 8.42. The van der Waals surface area contributed by atoms with E-state index in [1.807, 2.05) is 36.4 Å². The van der Waals surface area contributed by atoms with E-state index in [2.05, 4.69) is 61.4 Å². The van der Waals surface area contributed by atoms with Crippen LogP contribution < -0.4 is 0 Å². The van der Waals surface area contributed by atoms with Gasteiger partial charge in [0.25, 0.3) is 0 Å². The summed E-state index contributed by atoms with van der Waals surface area (Å²) < 4.78 is 0. The maximum absolute atomic E-state index is 13.0. The van der Waals surface area contributed by atoms with Crippen LogP contribution in [0.2, 0.25) is 0 Å². The second-order valence-electron chi connectivity index (χ2n) is 6.16. The SMILES string of the molecule is C#C.O=C(c1ccccc1)c1ccc2ccc3cccc4ccc1c2c34. The van der Waals surface area contributed by atoms with Crippen molar-refractivity contribution >= 4 is 38.1 Å². The number of ketones is 1. The summed E-state index contributed by atoms with van der Waals surface area (Å²) in [7, 11) is 0. The number of carbonyl (C=O) groups is 1. The van der Waals surface area contributed by atoms with Gasteiger partial charge in [0.2, 0.25) is 0 Å². The molecular formula is C25H16O. The fourth-order valence-electron chi connectivity index (χ4n) is 3.68. The normalized spacial score (nSPS) is 10.7. The fourth-order valence-corrected chi connectivity index (χ4v) is 3.68.